The zero-order valence-corrected chi connectivity index (χ0v) is 6.16. The van der Waals surface area contributed by atoms with Gasteiger partial charge in [-0.15, -0.1) is 0 Å². The molecule has 0 spiro atoms. The molecule has 2 rings (SSSR count). The number of hydrogen-bond donors (Lipinski definition) is 2. The molecule has 58 valence electrons. The Morgan fingerprint density at radius 1 is 1.10 bits per heavy atom. The first-order valence-electron chi connectivity index (χ1n) is 4.21. The van der Waals surface area contributed by atoms with Crippen molar-refractivity contribution in [2.75, 3.05) is 0 Å². The smallest absolute Gasteiger partial charge is 0.0597 e. The third-order valence-corrected chi connectivity index (χ3v) is 3.09. The molecule has 0 aromatic heterocycles. The number of aliphatic hydroxyl groups is 1. The first kappa shape index (κ1) is 6.62. The number of fused-ring (bicyclic) bond motifs is 2. The van der Waals surface area contributed by atoms with Gasteiger partial charge in [-0.2, -0.15) is 0 Å². The second-order valence-corrected chi connectivity index (χ2v) is 3.82. The molecule has 2 bridgehead atoms. The van der Waals surface area contributed by atoms with Crippen molar-refractivity contribution in [1.82, 2.24) is 0 Å². The molecule has 2 saturated carbocycles. The molecule has 0 radical (unpaired) electrons. The van der Waals surface area contributed by atoms with E-state index in [0.29, 0.717) is 17.9 Å². The van der Waals surface area contributed by atoms with Crippen LogP contribution in [0.15, 0.2) is 0 Å². The molecule has 0 aromatic carbocycles. The molecule has 2 aliphatic rings. The van der Waals surface area contributed by atoms with Crippen LogP contribution < -0.4 is 5.73 Å². The predicted octanol–water partition coefficient (Wildman–Crippen LogP) is 0.495. The summed E-state index contributed by atoms with van der Waals surface area (Å²) in [6.07, 6.45) is 4.51. The maximum atomic E-state index is 9.57. The van der Waals surface area contributed by atoms with Gasteiger partial charge in [-0.1, -0.05) is 0 Å². The van der Waals surface area contributed by atoms with E-state index in [1.54, 1.807) is 0 Å². The van der Waals surface area contributed by atoms with E-state index >= 15 is 0 Å². The fourth-order valence-corrected chi connectivity index (χ4v) is 2.54. The molecule has 0 heterocycles. The summed E-state index contributed by atoms with van der Waals surface area (Å²) >= 11 is 0. The summed E-state index contributed by atoms with van der Waals surface area (Å²) in [5.74, 6) is 1.07. The zero-order valence-electron chi connectivity index (χ0n) is 6.16. The van der Waals surface area contributed by atoms with E-state index in [2.05, 4.69) is 0 Å². The minimum atomic E-state index is -0.0141. The molecule has 2 heteroatoms. The lowest BCUT2D eigenvalue weighted by Gasteiger charge is -2.29. The van der Waals surface area contributed by atoms with E-state index in [-0.39, 0.29) is 6.10 Å². The van der Waals surface area contributed by atoms with Crippen molar-refractivity contribution >= 4 is 0 Å². The highest BCUT2D eigenvalue weighted by molar-refractivity contribution is 4.93. The molecule has 1 unspecified atom stereocenters. The molecule has 0 aromatic rings. The Morgan fingerprint density at radius 2 is 1.60 bits per heavy atom. The summed E-state index contributed by atoms with van der Waals surface area (Å²) in [5.41, 5.74) is 5.81. The fraction of sp³-hybridized carbons (Fsp3) is 1.00. The lowest BCUT2D eigenvalue weighted by atomic mass is 9.83. The Bertz CT molecular complexity index is 123. The van der Waals surface area contributed by atoms with Crippen molar-refractivity contribution in [2.45, 2.75) is 37.8 Å². The SMILES string of the molecule is N[C@H]1C[C@H]2CC[C@@H](C1)C2O. The fourth-order valence-electron chi connectivity index (χ4n) is 2.54. The van der Waals surface area contributed by atoms with Gasteiger partial charge in [0.25, 0.3) is 0 Å². The van der Waals surface area contributed by atoms with Gasteiger partial charge in [-0.25, -0.2) is 0 Å². The van der Waals surface area contributed by atoms with Gasteiger partial charge in [0.2, 0.25) is 0 Å². The van der Waals surface area contributed by atoms with Gasteiger partial charge in [-0.05, 0) is 37.5 Å². The average molecular weight is 141 g/mol. The summed E-state index contributed by atoms with van der Waals surface area (Å²) in [4.78, 5) is 0. The molecule has 0 saturated heterocycles. The lowest BCUT2D eigenvalue weighted by molar-refractivity contribution is 0.0532. The predicted molar refractivity (Wildman–Crippen MR) is 39.4 cm³/mol. The summed E-state index contributed by atoms with van der Waals surface area (Å²) < 4.78 is 0. The Hall–Kier alpha value is -0.0800. The van der Waals surface area contributed by atoms with Gasteiger partial charge < -0.3 is 10.8 Å². The van der Waals surface area contributed by atoms with Gasteiger partial charge in [0.05, 0.1) is 6.10 Å². The van der Waals surface area contributed by atoms with E-state index in [1.165, 1.54) is 12.8 Å². The van der Waals surface area contributed by atoms with Crippen molar-refractivity contribution in [2.24, 2.45) is 17.6 Å². The first-order valence-corrected chi connectivity index (χ1v) is 4.21. The van der Waals surface area contributed by atoms with Crippen LogP contribution in [-0.2, 0) is 0 Å². The molecule has 0 aliphatic heterocycles. The van der Waals surface area contributed by atoms with Crippen LogP contribution in [0, 0.1) is 11.8 Å². The van der Waals surface area contributed by atoms with E-state index in [9.17, 15) is 5.11 Å². The van der Waals surface area contributed by atoms with Crippen molar-refractivity contribution in [3.8, 4) is 0 Å². The minimum Gasteiger partial charge on any atom is -0.393 e. The quantitative estimate of drug-likeness (QED) is 0.516. The van der Waals surface area contributed by atoms with Crippen LogP contribution in [0.25, 0.3) is 0 Å². The normalized spacial score (nSPS) is 53.4. The second-order valence-electron chi connectivity index (χ2n) is 3.82. The van der Waals surface area contributed by atoms with Gasteiger partial charge in [-0.3, -0.25) is 0 Å². The number of hydrogen-bond acceptors (Lipinski definition) is 2. The molecule has 2 nitrogen and oxygen atoms in total. The summed E-state index contributed by atoms with van der Waals surface area (Å²) in [6.45, 7) is 0. The van der Waals surface area contributed by atoms with Crippen molar-refractivity contribution in [3.05, 3.63) is 0 Å². The van der Waals surface area contributed by atoms with Crippen LogP contribution in [0.2, 0.25) is 0 Å². The van der Waals surface area contributed by atoms with Gasteiger partial charge in [0.15, 0.2) is 0 Å². The molecular formula is C8H15NO. The van der Waals surface area contributed by atoms with Gasteiger partial charge in [0.1, 0.15) is 0 Å². The van der Waals surface area contributed by atoms with Crippen LogP contribution in [0.4, 0.5) is 0 Å². The van der Waals surface area contributed by atoms with Crippen molar-refractivity contribution < 1.29 is 5.11 Å². The number of aliphatic hydroxyl groups excluding tert-OH is 1. The molecule has 0 amide bonds. The highest BCUT2D eigenvalue weighted by Gasteiger charge is 2.40. The zero-order chi connectivity index (χ0) is 7.14. The van der Waals surface area contributed by atoms with Crippen molar-refractivity contribution in [1.29, 1.82) is 0 Å². The van der Waals surface area contributed by atoms with Crippen LogP contribution in [0.1, 0.15) is 25.7 Å². The van der Waals surface area contributed by atoms with E-state index in [1.807, 2.05) is 0 Å². The van der Waals surface area contributed by atoms with Gasteiger partial charge in [0, 0.05) is 6.04 Å². The average Bonchev–Trinajstić information content (AvgIpc) is 2.20. The molecule has 4 atom stereocenters. The third kappa shape index (κ3) is 0.867. The minimum absolute atomic E-state index is 0.0141. The number of nitrogens with two attached hydrogens (primary N) is 1. The van der Waals surface area contributed by atoms with E-state index < -0.39 is 0 Å². The van der Waals surface area contributed by atoms with E-state index in [0.717, 1.165) is 12.8 Å². The number of rotatable bonds is 0. The van der Waals surface area contributed by atoms with Crippen LogP contribution in [-0.4, -0.2) is 17.3 Å². The Labute approximate surface area is 61.4 Å². The van der Waals surface area contributed by atoms with Crippen LogP contribution in [0.3, 0.4) is 0 Å². The van der Waals surface area contributed by atoms with Gasteiger partial charge >= 0.3 is 0 Å². The lowest BCUT2D eigenvalue weighted by Crippen LogP contribution is -2.37. The summed E-state index contributed by atoms with van der Waals surface area (Å²) in [7, 11) is 0. The molecule has 2 fully saturated rings. The molecule has 2 aliphatic carbocycles. The largest absolute Gasteiger partial charge is 0.393 e. The topological polar surface area (TPSA) is 46.2 Å². The maximum Gasteiger partial charge on any atom is 0.0597 e. The Balaban J connectivity index is 2.09. The summed E-state index contributed by atoms with van der Waals surface area (Å²) in [5, 5.41) is 9.57. The first-order chi connectivity index (χ1) is 4.77. The molecular weight excluding hydrogens is 126 g/mol. The molecule has 3 N–H and O–H groups in total. The highest BCUT2D eigenvalue weighted by atomic mass is 16.3. The summed E-state index contributed by atoms with van der Waals surface area (Å²) in [6, 6.07) is 0.376. The molecule has 10 heavy (non-hydrogen) atoms. The highest BCUT2D eigenvalue weighted by Crippen LogP contribution is 2.41. The van der Waals surface area contributed by atoms with Crippen LogP contribution in [0.5, 0.6) is 0 Å². The second kappa shape index (κ2) is 2.21. The van der Waals surface area contributed by atoms with E-state index in [4.69, 9.17) is 5.73 Å². The monoisotopic (exact) mass is 141 g/mol. The standard InChI is InChI=1S/C8H15NO/c9-7-3-5-1-2-6(4-7)8(5)10/h5-8,10H,1-4,9H2/t5-,6+,7+,8?. The maximum absolute atomic E-state index is 9.57. The van der Waals surface area contributed by atoms with Crippen molar-refractivity contribution in [3.63, 3.8) is 0 Å². The Morgan fingerprint density at radius 3 is 2.10 bits per heavy atom. The third-order valence-electron chi connectivity index (χ3n) is 3.09. The van der Waals surface area contributed by atoms with Crippen LogP contribution >= 0.6 is 0 Å². The Kier molecular flexibility index (Phi) is 1.46.